The Kier molecular flexibility index (Phi) is 5.74. The van der Waals surface area contributed by atoms with Gasteiger partial charge in [-0.05, 0) is 42.5 Å². The van der Waals surface area contributed by atoms with Gasteiger partial charge in [0.05, 0.1) is 11.6 Å². The lowest BCUT2D eigenvalue weighted by atomic mass is 9.94. The van der Waals surface area contributed by atoms with Crippen molar-refractivity contribution in [3.8, 4) is 11.5 Å². The van der Waals surface area contributed by atoms with Crippen molar-refractivity contribution in [1.29, 1.82) is 0 Å². The second-order valence-corrected chi connectivity index (χ2v) is 7.13. The first-order valence-electron chi connectivity index (χ1n) is 8.41. The van der Waals surface area contributed by atoms with Gasteiger partial charge in [-0.1, -0.05) is 34.1 Å². The Bertz CT molecular complexity index is 1080. The maximum Gasteiger partial charge on any atom is 0.339 e. The average molecular weight is 458 g/mol. The molecular weight excluding hydrogens is 442 g/mol. The summed E-state index contributed by atoms with van der Waals surface area (Å²) in [6.45, 7) is 0. The van der Waals surface area contributed by atoms with E-state index in [9.17, 15) is 24.9 Å². The SMILES string of the molecule is O=C(O)c1ccc(NC(c2ccccc2O)c2cc(Br)cc(C(=O)O)c2O)cc1. The van der Waals surface area contributed by atoms with E-state index >= 15 is 0 Å². The van der Waals surface area contributed by atoms with Crippen LogP contribution in [0.25, 0.3) is 0 Å². The molecule has 0 heterocycles. The molecule has 8 heteroatoms. The van der Waals surface area contributed by atoms with Crippen LogP contribution in [0.4, 0.5) is 5.69 Å². The third kappa shape index (κ3) is 4.33. The molecule has 3 rings (SSSR count). The van der Waals surface area contributed by atoms with Crippen LogP contribution in [-0.2, 0) is 0 Å². The van der Waals surface area contributed by atoms with Crippen LogP contribution in [0.5, 0.6) is 11.5 Å². The van der Waals surface area contributed by atoms with Crippen molar-refractivity contribution in [1.82, 2.24) is 0 Å². The largest absolute Gasteiger partial charge is 0.508 e. The first-order valence-corrected chi connectivity index (χ1v) is 9.20. The normalized spacial score (nSPS) is 11.6. The summed E-state index contributed by atoms with van der Waals surface area (Å²) in [4.78, 5) is 22.6. The van der Waals surface area contributed by atoms with Crippen LogP contribution in [0.2, 0.25) is 0 Å². The number of aromatic carboxylic acids is 2. The number of phenolic OH excluding ortho intramolecular Hbond substituents is 1. The molecule has 29 heavy (non-hydrogen) atoms. The van der Waals surface area contributed by atoms with Crippen LogP contribution >= 0.6 is 15.9 Å². The molecule has 0 aromatic heterocycles. The summed E-state index contributed by atoms with van der Waals surface area (Å²) in [6, 6.07) is 14.4. The van der Waals surface area contributed by atoms with Crippen LogP contribution in [0.3, 0.4) is 0 Å². The Morgan fingerprint density at radius 3 is 2.10 bits per heavy atom. The van der Waals surface area contributed by atoms with Crippen molar-refractivity contribution in [2.75, 3.05) is 5.32 Å². The molecule has 0 radical (unpaired) electrons. The van der Waals surface area contributed by atoms with Gasteiger partial charge in [-0.2, -0.15) is 0 Å². The highest BCUT2D eigenvalue weighted by atomic mass is 79.9. The number of carboxylic acids is 2. The van der Waals surface area contributed by atoms with E-state index in [1.165, 1.54) is 24.3 Å². The predicted molar refractivity (Wildman–Crippen MR) is 110 cm³/mol. The first kappa shape index (κ1) is 20.2. The van der Waals surface area contributed by atoms with E-state index in [2.05, 4.69) is 21.2 Å². The molecule has 0 amide bonds. The number of phenols is 2. The van der Waals surface area contributed by atoms with E-state index < -0.39 is 23.7 Å². The van der Waals surface area contributed by atoms with Crippen LogP contribution in [0, 0.1) is 0 Å². The second-order valence-electron chi connectivity index (χ2n) is 6.22. The lowest BCUT2D eigenvalue weighted by molar-refractivity contribution is 0.0684. The topological polar surface area (TPSA) is 127 Å². The van der Waals surface area contributed by atoms with E-state index in [-0.39, 0.29) is 22.4 Å². The summed E-state index contributed by atoms with van der Waals surface area (Å²) < 4.78 is 0.436. The number of rotatable bonds is 6. The van der Waals surface area contributed by atoms with Crippen molar-refractivity contribution in [3.05, 3.63) is 87.4 Å². The van der Waals surface area contributed by atoms with Crippen molar-refractivity contribution in [2.45, 2.75) is 6.04 Å². The number of para-hydroxylation sites is 1. The summed E-state index contributed by atoms with van der Waals surface area (Å²) >= 11 is 3.26. The number of carbonyl (C=O) groups is 2. The molecule has 3 aromatic carbocycles. The van der Waals surface area contributed by atoms with Crippen LogP contribution < -0.4 is 5.32 Å². The molecule has 0 spiro atoms. The molecule has 1 atom stereocenters. The highest BCUT2D eigenvalue weighted by Crippen LogP contribution is 2.39. The van der Waals surface area contributed by atoms with E-state index in [4.69, 9.17) is 5.11 Å². The molecule has 0 aliphatic heterocycles. The third-order valence-electron chi connectivity index (χ3n) is 4.34. The van der Waals surface area contributed by atoms with E-state index in [1.807, 2.05) is 0 Å². The summed E-state index contributed by atoms with van der Waals surface area (Å²) in [5.74, 6) is -2.86. The fraction of sp³-hybridized carbons (Fsp3) is 0.0476. The Hall–Kier alpha value is -3.52. The van der Waals surface area contributed by atoms with Crippen LogP contribution in [0.15, 0.2) is 65.1 Å². The van der Waals surface area contributed by atoms with Gasteiger partial charge in [0.1, 0.15) is 17.1 Å². The smallest absolute Gasteiger partial charge is 0.339 e. The molecule has 3 aromatic rings. The first-order chi connectivity index (χ1) is 13.8. The molecule has 0 fully saturated rings. The molecule has 0 saturated carbocycles. The number of hydrogen-bond donors (Lipinski definition) is 5. The maximum absolute atomic E-state index is 11.5. The van der Waals surface area contributed by atoms with E-state index in [0.29, 0.717) is 15.7 Å². The Labute approximate surface area is 174 Å². The van der Waals surface area contributed by atoms with Crippen molar-refractivity contribution in [2.24, 2.45) is 0 Å². The summed E-state index contributed by atoms with van der Waals surface area (Å²) in [5.41, 5.74) is 0.950. The zero-order valence-corrected chi connectivity index (χ0v) is 16.4. The summed E-state index contributed by atoms with van der Waals surface area (Å²) in [7, 11) is 0. The molecule has 0 bridgehead atoms. The minimum absolute atomic E-state index is 0.0524. The van der Waals surface area contributed by atoms with E-state index in [1.54, 1.807) is 36.4 Å². The van der Waals surface area contributed by atoms with Gasteiger partial charge in [0.25, 0.3) is 0 Å². The highest BCUT2D eigenvalue weighted by Gasteiger charge is 2.25. The minimum atomic E-state index is -1.30. The summed E-state index contributed by atoms with van der Waals surface area (Å²) in [6.07, 6.45) is 0. The quantitative estimate of drug-likeness (QED) is 0.369. The highest BCUT2D eigenvalue weighted by molar-refractivity contribution is 9.10. The Morgan fingerprint density at radius 1 is 0.862 bits per heavy atom. The number of anilines is 1. The fourth-order valence-corrected chi connectivity index (χ4v) is 3.41. The van der Waals surface area contributed by atoms with Gasteiger partial charge >= 0.3 is 11.9 Å². The van der Waals surface area contributed by atoms with Crippen molar-refractivity contribution >= 4 is 33.6 Å². The van der Waals surface area contributed by atoms with Crippen molar-refractivity contribution < 1.29 is 30.0 Å². The molecule has 0 aliphatic rings. The average Bonchev–Trinajstić information content (AvgIpc) is 2.68. The van der Waals surface area contributed by atoms with Crippen LogP contribution in [-0.4, -0.2) is 32.4 Å². The predicted octanol–water partition coefficient (Wildman–Crippen LogP) is 4.46. The monoisotopic (exact) mass is 457 g/mol. The van der Waals surface area contributed by atoms with Crippen LogP contribution in [0.1, 0.15) is 37.9 Å². The Morgan fingerprint density at radius 2 is 1.52 bits per heavy atom. The minimum Gasteiger partial charge on any atom is -0.508 e. The lowest BCUT2D eigenvalue weighted by Gasteiger charge is -2.23. The molecule has 0 aliphatic carbocycles. The summed E-state index contributed by atoms with van der Waals surface area (Å²) in [5, 5.41) is 42.5. The van der Waals surface area contributed by atoms with Gasteiger partial charge < -0.3 is 25.7 Å². The second kappa shape index (κ2) is 8.24. The van der Waals surface area contributed by atoms with E-state index in [0.717, 1.165) is 0 Å². The van der Waals surface area contributed by atoms with Gasteiger partial charge in [-0.3, -0.25) is 0 Å². The number of nitrogens with one attached hydrogen (secondary N) is 1. The molecule has 7 nitrogen and oxygen atoms in total. The standard InChI is InChI=1S/C21H16BrNO6/c22-12-9-15(19(25)16(10-12)21(28)29)18(14-3-1-2-4-17(14)24)23-13-7-5-11(6-8-13)20(26)27/h1-10,18,23-25H,(H,26,27)(H,28,29). The molecule has 148 valence electrons. The van der Waals surface area contributed by atoms with Gasteiger partial charge in [-0.15, -0.1) is 0 Å². The van der Waals surface area contributed by atoms with Gasteiger partial charge in [-0.25, -0.2) is 9.59 Å². The van der Waals surface area contributed by atoms with Gasteiger partial charge in [0.15, 0.2) is 0 Å². The molecule has 1 unspecified atom stereocenters. The third-order valence-corrected chi connectivity index (χ3v) is 4.79. The van der Waals surface area contributed by atoms with Crippen molar-refractivity contribution in [3.63, 3.8) is 0 Å². The number of halogens is 1. The maximum atomic E-state index is 11.5. The fourth-order valence-electron chi connectivity index (χ4n) is 2.93. The number of benzene rings is 3. The number of aromatic hydroxyl groups is 2. The number of hydrogen-bond acceptors (Lipinski definition) is 5. The van der Waals surface area contributed by atoms with Gasteiger partial charge in [0, 0.05) is 21.3 Å². The molecule has 5 N–H and O–H groups in total. The molecule has 0 saturated heterocycles. The lowest BCUT2D eigenvalue weighted by Crippen LogP contribution is -2.14. The zero-order chi connectivity index (χ0) is 21.1. The van der Waals surface area contributed by atoms with Gasteiger partial charge in [0.2, 0.25) is 0 Å². The number of carboxylic acid groups (broad SMARTS) is 2. The Balaban J connectivity index is 2.14. The zero-order valence-electron chi connectivity index (χ0n) is 14.8. The molecular formula is C21H16BrNO6.